The highest BCUT2D eigenvalue weighted by Crippen LogP contribution is 2.19. The maximum absolute atomic E-state index is 12.8. The maximum atomic E-state index is 12.8. The standard InChI is InChI=1S/C24H28N4O4/c1-14(2)22(30)28-24(32)21(12-16-13-26-20-6-4-3-5-18(16)20)27-23(31)19(25)11-15-7-9-17(29)10-8-15/h3-10,13-14,19,21,26,29H,11-12,25H2,1-2H3,(H,27,31)(H,28,30,32)/t19-,21+/m0/s1. The molecule has 3 rings (SSSR count). The van der Waals surface area contributed by atoms with Crippen LogP contribution in [0.1, 0.15) is 25.0 Å². The zero-order chi connectivity index (χ0) is 23.3. The zero-order valence-electron chi connectivity index (χ0n) is 18.1. The lowest BCUT2D eigenvalue weighted by Gasteiger charge is -2.21. The van der Waals surface area contributed by atoms with Crippen molar-refractivity contribution < 1.29 is 19.5 Å². The molecule has 0 spiro atoms. The van der Waals surface area contributed by atoms with Crippen LogP contribution < -0.4 is 16.4 Å². The van der Waals surface area contributed by atoms with Crippen LogP contribution >= 0.6 is 0 Å². The third-order valence-electron chi connectivity index (χ3n) is 5.23. The molecule has 0 unspecified atom stereocenters. The third-order valence-corrected chi connectivity index (χ3v) is 5.23. The summed E-state index contributed by atoms with van der Waals surface area (Å²) in [7, 11) is 0. The van der Waals surface area contributed by atoms with Crippen molar-refractivity contribution >= 4 is 28.6 Å². The molecule has 168 valence electrons. The minimum Gasteiger partial charge on any atom is -0.508 e. The highest BCUT2D eigenvalue weighted by molar-refractivity contribution is 6.00. The number of carbonyl (C=O) groups is 3. The summed E-state index contributed by atoms with van der Waals surface area (Å²) >= 11 is 0. The van der Waals surface area contributed by atoms with E-state index in [1.807, 2.05) is 24.3 Å². The first-order valence-corrected chi connectivity index (χ1v) is 10.5. The normalized spacial score (nSPS) is 13.0. The number of carbonyl (C=O) groups excluding carboxylic acids is 3. The molecule has 1 aromatic heterocycles. The van der Waals surface area contributed by atoms with E-state index in [-0.39, 0.29) is 24.5 Å². The number of hydrogen-bond acceptors (Lipinski definition) is 5. The number of aromatic hydroxyl groups is 1. The van der Waals surface area contributed by atoms with Gasteiger partial charge in [-0.3, -0.25) is 19.7 Å². The van der Waals surface area contributed by atoms with Gasteiger partial charge in [0, 0.05) is 29.4 Å². The Balaban J connectivity index is 1.76. The van der Waals surface area contributed by atoms with E-state index in [0.717, 1.165) is 22.0 Å². The van der Waals surface area contributed by atoms with Crippen LogP contribution in [-0.2, 0) is 27.2 Å². The first-order valence-electron chi connectivity index (χ1n) is 10.5. The first-order chi connectivity index (χ1) is 15.2. The number of H-pyrrole nitrogens is 1. The molecule has 0 saturated heterocycles. The lowest BCUT2D eigenvalue weighted by atomic mass is 10.0. The van der Waals surface area contributed by atoms with Gasteiger partial charge >= 0.3 is 0 Å². The Bertz CT molecular complexity index is 1100. The number of para-hydroxylation sites is 1. The fraction of sp³-hybridized carbons (Fsp3) is 0.292. The summed E-state index contributed by atoms with van der Waals surface area (Å²) in [6.07, 6.45) is 2.22. The number of imide groups is 1. The van der Waals surface area contributed by atoms with Crippen LogP contribution in [0.15, 0.2) is 54.7 Å². The third kappa shape index (κ3) is 5.73. The second kappa shape index (κ2) is 10.1. The minimum absolute atomic E-state index is 0.122. The predicted molar refractivity (Wildman–Crippen MR) is 122 cm³/mol. The summed E-state index contributed by atoms with van der Waals surface area (Å²) < 4.78 is 0. The van der Waals surface area contributed by atoms with E-state index in [9.17, 15) is 19.5 Å². The van der Waals surface area contributed by atoms with E-state index in [2.05, 4.69) is 15.6 Å². The van der Waals surface area contributed by atoms with E-state index in [0.29, 0.717) is 0 Å². The lowest BCUT2D eigenvalue weighted by Crippen LogP contribution is -2.54. The molecule has 0 aliphatic carbocycles. The fourth-order valence-corrected chi connectivity index (χ4v) is 3.34. The number of benzene rings is 2. The van der Waals surface area contributed by atoms with E-state index < -0.39 is 29.8 Å². The van der Waals surface area contributed by atoms with Crippen LogP contribution in [0.25, 0.3) is 10.9 Å². The Hall–Kier alpha value is -3.65. The smallest absolute Gasteiger partial charge is 0.249 e. The van der Waals surface area contributed by atoms with Gasteiger partial charge in [0.1, 0.15) is 11.8 Å². The average Bonchev–Trinajstić information content (AvgIpc) is 3.17. The number of amides is 3. The summed E-state index contributed by atoms with van der Waals surface area (Å²) in [5.41, 5.74) is 8.60. The highest BCUT2D eigenvalue weighted by atomic mass is 16.3. The molecule has 0 bridgehead atoms. The second-order valence-corrected chi connectivity index (χ2v) is 8.11. The number of fused-ring (bicyclic) bond motifs is 1. The SMILES string of the molecule is CC(C)C(=O)NC(=O)[C@@H](Cc1c[nH]c2ccccc12)NC(=O)[C@@H](N)Cc1ccc(O)cc1. The highest BCUT2D eigenvalue weighted by Gasteiger charge is 2.27. The molecule has 32 heavy (non-hydrogen) atoms. The molecule has 8 heteroatoms. The van der Waals surface area contributed by atoms with Gasteiger partial charge in [0.2, 0.25) is 17.7 Å². The molecule has 0 saturated carbocycles. The van der Waals surface area contributed by atoms with Gasteiger partial charge in [-0.25, -0.2) is 0 Å². The molecule has 3 amide bonds. The van der Waals surface area contributed by atoms with Crippen molar-refractivity contribution in [3.05, 3.63) is 65.9 Å². The Kier molecular flexibility index (Phi) is 7.27. The Labute approximate surface area is 186 Å². The van der Waals surface area contributed by atoms with E-state index in [4.69, 9.17) is 5.73 Å². The van der Waals surface area contributed by atoms with Crippen molar-refractivity contribution in [3.8, 4) is 5.75 Å². The Morgan fingerprint density at radius 2 is 1.66 bits per heavy atom. The zero-order valence-corrected chi connectivity index (χ0v) is 18.1. The second-order valence-electron chi connectivity index (χ2n) is 8.11. The number of phenols is 1. The quantitative estimate of drug-likeness (QED) is 0.366. The van der Waals surface area contributed by atoms with Crippen molar-refractivity contribution in [2.75, 3.05) is 0 Å². The van der Waals surface area contributed by atoms with Crippen molar-refractivity contribution in [3.63, 3.8) is 0 Å². The van der Waals surface area contributed by atoms with E-state index >= 15 is 0 Å². The number of nitrogens with two attached hydrogens (primary N) is 1. The molecule has 0 fully saturated rings. The van der Waals surface area contributed by atoms with Gasteiger partial charge in [-0.15, -0.1) is 0 Å². The number of aromatic amines is 1. The molecule has 0 aliphatic rings. The maximum Gasteiger partial charge on any atom is 0.249 e. The lowest BCUT2D eigenvalue weighted by molar-refractivity contribution is -0.135. The Morgan fingerprint density at radius 3 is 2.34 bits per heavy atom. The van der Waals surface area contributed by atoms with Gasteiger partial charge in [-0.05, 0) is 35.7 Å². The van der Waals surface area contributed by atoms with Gasteiger partial charge in [-0.2, -0.15) is 0 Å². The van der Waals surface area contributed by atoms with E-state index in [1.165, 1.54) is 12.1 Å². The van der Waals surface area contributed by atoms with E-state index in [1.54, 1.807) is 32.2 Å². The number of hydrogen-bond donors (Lipinski definition) is 5. The number of rotatable bonds is 8. The summed E-state index contributed by atoms with van der Waals surface area (Å²) in [5.74, 6) is -1.76. The Morgan fingerprint density at radius 1 is 0.969 bits per heavy atom. The first kappa shape index (κ1) is 23.0. The molecule has 2 aromatic carbocycles. The van der Waals surface area contributed by atoms with Crippen molar-refractivity contribution in [2.45, 2.75) is 38.8 Å². The molecule has 6 N–H and O–H groups in total. The van der Waals surface area contributed by atoms with Crippen LogP contribution in [-0.4, -0.2) is 39.9 Å². The monoisotopic (exact) mass is 436 g/mol. The fourth-order valence-electron chi connectivity index (χ4n) is 3.34. The van der Waals surface area contributed by atoms with Crippen LogP contribution in [0.2, 0.25) is 0 Å². The van der Waals surface area contributed by atoms with Gasteiger partial charge < -0.3 is 21.1 Å². The molecule has 0 aliphatic heterocycles. The molecule has 8 nitrogen and oxygen atoms in total. The largest absolute Gasteiger partial charge is 0.508 e. The molecular weight excluding hydrogens is 408 g/mol. The van der Waals surface area contributed by atoms with Crippen LogP contribution in [0, 0.1) is 5.92 Å². The molecule has 2 atom stereocenters. The summed E-state index contributed by atoms with van der Waals surface area (Å²) in [6, 6.07) is 12.2. The average molecular weight is 437 g/mol. The van der Waals surface area contributed by atoms with Crippen LogP contribution in [0.3, 0.4) is 0 Å². The number of aromatic nitrogens is 1. The number of phenolic OH excluding ortho intramolecular Hbond substituents is 1. The summed E-state index contributed by atoms with van der Waals surface area (Å²) in [5, 5.41) is 15.4. The molecular formula is C24H28N4O4. The molecule has 1 heterocycles. The summed E-state index contributed by atoms with van der Waals surface area (Å²) in [6.45, 7) is 3.37. The van der Waals surface area contributed by atoms with Crippen LogP contribution in [0.5, 0.6) is 5.75 Å². The topological polar surface area (TPSA) is 137 Å². The predicted octanol–water partition coefficient (Wildman–Crippen LogP) is 1.77. The van der Waals surface area contributed by atoms with Crippen molar-refractivity contribution in [1.29, 1.82) is 0 Å². The van der Waals surface area contributed by atoms with Crippen molar-refractivity contribution in [2.24, 2.45) is 11.7 Å². The molecule has 0 radical (unpaired) electrons. The van der Waals surface area contributed by atoms with Gasteiger partial charge in [-0.1, -0.05) is 44.2 Å². The minimum atomic E-state index is -0.977. The van der Waals surface area contributed by atoms with Gasteiger partial charge in [0.25, 0.3) is 0 Å². The molecule has 3 aromatic rings. The van der Waals surface area contributed by atoms with Gasteiger partial charge in [0.05, 0.1) is 6.04 Å². The number of nitrogens with one attached hydrogen (secondary N) is 3. The van der Waals surface area contributed by atoms with Crippen molar-refractivity contribution in [1.82, 2.24) is 15.6 Å². The van der Waals surface area contributed by atoms with Crippen LogP contribution in [0.4, 0.5) is 0 Å². The summed E-state index contributed by atoms with van der Waals surface area (Å²) in [4.78, 5) is 40.8. The van der Waals surface area contributed by atoms with Gasteiger partial charge in [0.15, 0.2) is 0 Å².